The monoisotopic (exact) mass is 636 g/mol. The van der Waals surface area contributed by atoms with Crippen molar-refractivity contribution in [1.82, 2.24) is 30.0 Å². The van der Waals surface area contributed by atoms with Crippen LogP contribution in [0.5, 0.6) is 6.01 Å². The predicted octanol–water partition coefficient (Wildman–Crippen LogP) is 3.49. The van der Waals surface area contributed by atoms with Gasteiger partial charge in [0.15, 0.2) is 11.5 Å². The Morgan fingerprint density at radius 2 is 2.07 bits per heavy atom. The normalized spacial score (nSPS) is 23.0. The van der Waals surface area contributed by atoms with E-state index in [-0.39, 0.29) is 48.2 Å². The zero-order chi connectivity index (χ0) is 30.9. The molecule has 2 aromatic heterocycles. The maximum atomic E-state index is 15.1. The van der Waals surface area contributed by atoms with Crippen molar-refractivity contribution >= 4 is 29.0 Å². The fourth-order valence-corrected chi connectivity index (χ4v) is 6.91. The number of nitrogens with two attached hydrogens (primary N) is 1. The van der Waals surface area contributed by atoms with Crippen molar-refractivity contribution in [2.45, 2.75) is 63.3 Å². The van der Waals surface area contributed by atoms with Gasteiger partial charge in [0.1, 0.15) is 5.82 Å². The Labute approximate surface area is 254 Å². The molecule has 16 heteroatoms. The van der Waals surface area contributed by atoms with Gasteiger partial charge in [0.2, 0.25) is 0 Å². The summed E-state index contributed by atoms with van der Waals surface area (Å²) in [5.74, 6) is -0.913. The molecule has 11 nitrogen and oxygen atoms in total. The van der Waals surface area contributed by atoms with Crippen molar-refractivity contribution in [3.05, 3.63) is 56.7 Å². The van der Waals surface area contributed by atoms with Crippen LogP contribution >= 0.6 is 11.6 Å². The molecule has 4 aliphatic heterocycles. The van der Waals surface area contributed by atoms with Crippen LogP contribution in [0.1, 0.15) is 57.5 Å². The minimum absolute atomic E-state index is 0.000668. The quantitative estimate of drug-likeness (QED) is 0.327. The summed E-state index contributed by atoms with van der Waals surface area (Å²) in [6, 6.07) is 2.11. The highest BCUT2D eigenvalue weighted by atomic mass is 35.5. The smallest absolute Gasteiger partial charge is 0.416 e. The summed E-state index contributed by atoms with van der Waals surface area (Å²) in [6.07, 6.45) is -4.74. The van der Waals surface area contributed by atoms with Gasteiger partial charge in [-0.3, -0.25) is 9.48 Å². The summed E-state index contributed by atoms with van der Waals surface area (Å²) in [5, 5.41) is 8.25. The first-order valence-corrected chi connectivity index (χ1v) is 14.7. The number of benzene rings is 1. The standard InChI is InChI=1S/C28H29ClF4N8O3/c1-43-27-36-16-9-20(21-14(28(31,32)33)3-4-15(34)23(21)30)44-12-13(16)25(37-27)39-7-2-8-41-19(11-39)22(29)24(38-41)26(42)40-10-17-18(40)5-6-35-17/h3-4,17-18,20,35H,2,5-12,34H2,1H3. The third-order valence-corrected chi connectivity index (χ3v) is 9.27. The molecule has 0 saturated carbocycles. The lowest BCUT2D eigenvalue weighted by atomic mass is 9.94. The number of fused-ring (bicyclic) bond motifs is 3. The maximum Gasteiger partial charge on any atom is 0.416 e. The average Bonchev–Trinajstić information content (AvgIpc) is 3.41. The number of aromatic nitrogens is 4. The summed E-state index contributed by atoms with van der Waals surface area (Å²) in [5.41, 5.74) is 5.19. The number of rotatable bonds is 4. The van der Waals surface area contributed by atoms with E-state index in [2.05, 4.69) is 20.4 Å². The van der Waals surface area contributed by atoms with E-state index >= 15 is 4.39 Å². The Morgan fingerprint density at radius 1 is 1.25 bits per heavy atom. The Morgan fingerprint density at radius 3 is 2.82 bits per heavy atom. The highest BCUT2D eigenvalue weighted by molar-refractivity contribution is 6.34. The molecule has 6 heterocycles. The third-order valence-electron chi connectivity index (χ3n) is 8.88. The molecule has 3 atom stereocenters. The molecule has 2 saturated heterocycles. The van der Waals surface area contributed by atoms with Gasteiger partial charge in [0.25, 0.3) is 5.91 Å². The number of carbonyl (C=O) groups excluding carboxylic acids is 1. The van der Waals surface area contributed by atoms with Crippen molar-refractivity contribution < 1.29 is 31.8 Å². The van der Waals surface area contributed by atoms with E-state index in [1.165, 1.54) is 7.11 Å². The number of methoxy groups -OCH3 is 1. The number of amides is 1. The average molecular weight is 637 g/mol. The number of anilines is 2. The van der Waals surface area contributed by atoms with Crippen molar-refractivity contribution in [1.29, 1.82) is 0 Å². The first kappa shape index (κ1) is 29.0. The number of nitrogens with zero attached hydrogens (tertiary/aromatic N) is 6. The predicted molar refractivity (Wildman–Crippen MR) is 150 cm³/mol. The van der Waals surface area contributed by atoms with Crippen LogP contribution in [0.2, 0.25) is 5.02 Å². The second-order valence-electron chi connectivity index (χ2n) is 11.4. The van der Waals surface area contributed by atoms with Crippen LogP contribution < -0.4 is 20.7 Å². The van der Waals surface area contributed by atoms with Crippen LogP contribution in [-0.2, 0) is 37.0 Å². The molecule has 2 fully saturated rings. The zero-order valence-electron chi connectivity index (χ0n) is 23.6. The minimum atomic E-state index is -4.82. The Balaban J connectivity index is 1.20. The van der Waals surface area contributed by atoms with Gasteiger partial charge in [-0.2, -0.15) is 28.2 Å². The van der Waals surface area contributed by atoms with Gasteiger partial charge < -0.3 is 30.3 Å². The van der Waals surface area contributed by atoms with Crippen molar-refractivity contribution in [2.24, 2.45) is 0 Å². The number of nitrogen functional groups attached to an aromatic ring is 1. The van der Waals surface area contributed by atoms with E-state index in [0.717, 1.165) is 25.1 Å². The lowest BCUT2D eigenvalue weighted by molar-refractivity contribution is -0.140. The number of likely N-dealkylation sites (tertiary alicyclic amines) is 1. The van der Waals surface area contributed by atoms with Gasteiger partial charge in [-0.05, 0) is 31.5 Å². The van der Waals surface area contributed by atoms with E-state index in [1.54, 1.807) is 4.68 Å². The molecule has 3 aromatic rings. The summed E-state index contributed by atoms with van der Waals surface area (Å²) in [6.45, 7) is 2.61. The second kappa shape index (κ2) is 10.7. The van der Waals surface area contributed by atoms with Crippen LogP contribution in [0.15, 0.2) is 12.1 Å². The van der Waals surface area contributed by atoms with Crippen LogP contribution in [0.25, 0.3) is 0 Å². The molecule has 234 valence electrons. The van der Waals surface area contributed by atoms with Crippen LogP contribution in [0.3, 0.4) is 0 Å². The van der Waals surface area contributed by atoms with Gasteiger partial charge in [-0.15, -0.1) is 0 Å². The number of hydrogen-bond acceptors (Lipinski definition) is 9. The number of halogens is 5. The summed E-state index contributed by atoms with van der Waals surface area (Å²) in [7, 11) is 1.38. The number of ether oxygens (including phenoxy) is 2. The number of nitrogens with one attached hydrogen (secondary N) is 1. The van der Waals surface area contributed by atoms with Crippen LogP contribution in [-0.4, -0.2) is 69.4 Å². The molecule has 1 aromatic carbocycles. The van der Waals surface area contributed by atoms with Crippen LogP contribution in [0, 0.1) is 5.82 Å². The molecular formula is C28H29ClF4N8O3. The molecule has 0 radical (unpaired) electrons. The molecule has 0 bridgehead atoms. The molecular weight excluding hydrogens is 608 g/mol. The molecule has 4 aliphatic rings. The Hall–Kier alpha value is -3.69. The van der Waals surface area contributed by atoms with E-state index in [1.807, 2.05) is 9.80 Å². The highest BCUT2D eigenvalue weighted by Crippen LogP contribution is 2.43. The fourth-order valence-electron chi connectivity index (χ4n) is 6.63. The van der Waals surface area contributed by atoms with Crippen molar-refractivity contribution in [3.8, 4) is 6.01 Å². The molecule has 3 unspecified atom stereocenters. The Bertz CT molecular complexity index is 1650. The molecule has 3 N–H and O–H groups in total. The van der Waals surface area contributed by atoms with E-state index < -0.39 is 34.9 Å². The van der Waals surface area contributed by atoms with Crippen molar-refractivity contribution in [3.63, 3.8) is 0 Å². The first-order chi connectivity index (χ1) is 21.0. The van der Waals surface area contributed by atoms with Gasteiger partial charge in [-0.1, -0.05) is 11.6 Å². The van der Waals surface area contributed by atoms with Gasteiger partial charge >= 0.3 is 12.2 Å². The first-order valence-electron chi connectivity index (χ1n) is 14.3. The largest absolute Gasteiger partial charge is 0.467 e. The SMILES string of the molecule is COc1nc2c(c(N3CCCn4nc(C(=O)N5CC6NCCC65)c(Cl)c4C3)n1)COC(c1c(C(F)(F)F)ccc(N)c1F)C2. The summed E-state index contributed by atoms with van der Waals surface area (Å²) < 4.78 is 69.6. The zero-order valence-corrected chi connectivity index (χ0v) is 24.4. The molecule has 44 heavy (non-hydrogen) atoms. The van der Waals surface area contributed by atoms with Gasteiger partial charge in [-0.25, -0.2) is 4.39 Å². The molecule has 0 spiro atoms. The molecule has 0 aliphatic carbocycles. The highest BCUT2D eigenvalue weighted by Gasteiger charge is 2.46. The van der Waals surface area contributed by atoms with Crippen molar-refractivity contribution in [2.75, 3.05) is 37.4 Å². The molecule has 7 rings (SSSR count). The number of hydrogen-bond donors (Lipinski definition) is 2. The van der Waals surface area contributed by atoms with Crippen LogP contribution in [0.4, 0.5) is 29.1 Å². The van der Waals surface area contributed by atoms with Gasteiger partial charge in [0.05, 0.1) is 60.1 Å². The number of carbonyl (C=O) groups is 1. The lowest BCUT2D eigenvalue weighted by Crippen LogP contribution is -2.62. The Kier molecular flexibility index (Phi) is 7.09. The second-order valence-corrected chi connectivity index (χ2v) is 11.8. The minimum Gasteiger partial charge on any atom is -0.467 e. The van der Waals surface area contributed by atoms with Gasteiger partial charge in [0, 0.05) is 43.2 Å². The lowest BCUT2D eigenvalue weighted by Gasteiger charge is -2.43. The van der Waals surface area contributed by atoms with E-state index in [9.17, 15) is 18.0 Å². The van der Waals surface area contributed by atoms with E-state index in [0.29, 0.717) is 54.9 Å². The fraction of sp³-hybridized carbons (Fsp3) is 0.500. The van der Waals surface area contributed by atoms with E-state index in [4.69, 9.17) is 26.8 Å². The topological polar surface area (TPSA) is 124 Å². The summed E-state index contributed by atoms with van der Waals surface area (Å²) >= 11 is 6.81. The maximum absolute atomic E-state index is 15.1. The number of alkyl halides is 3. The third kappa shape index (κ3) is 4.72. The number of aryl methyl sites for hydroxylation is 1. The summed E-state index contributed by atoms with van der Waals surface area (Å²) in [4.78, 5) is 26.1. The molecule has 1 amide bonds.